The van der Waals surface area contributed by atoms with E-state index in [-0.39, 0.29) is 18.6 Å². The van der Waals surface area contributed by atoms with Crippen LogP contribution < -0.4 is 0 Å². The van der Waals surface area contributed by atoms with Gasteiger partial charge in [0.25, 0.3) is 5.91 Å². The molecular weight excluding hydrogens is 214 g/mol. The molecule has 1 fully saturated rings. The minimum absolute atomic E-state index is 0.00227. The molecule has 17 heavy (non-hydrogen) atoms. The lowest BCUT2D eigenvalue weighted by atomic mass is 10.0. The average molecular weight is 233 g/mol. The second kappa shape index (κ2) is 5.32. The van der Waals surface area contributed by atoms with Gasteiger partial charge in [-0.15, -0.1) is 0 Å². The molecule has 0 spiro atoms. The average Bonchev–Trinajstić information content (AvgIpc) is 2.39. The van der Waals surface area contributed by atoms with Crippen LogP contribution >= 0.6 is 0 Å². The number of nitrogens with zero attached hydrogens (tertiary/aromatic N) is 1. The molecule has 1 atom stereocenters. The summed E-state index contributed by atoms with van der Waals surface area (Å²) in [6.45, 7) is 2.83. The van der Waals surface area contributed by atoms with Gasteiger partial charge >= 0.3 is 0 Å². The summed E-state index contributed by atoms with van der Waals surface area (Å²) in [7, 11) is 0. The van der Waals surface area contributed by atoms with Crippen molar-refractivity contribution < 1.29 is 9.90 Å². The molecule has 3 nitrogen and oxygen atoms in total. The number of benzene rings is 1. The van der Waals surface area contributed by atoms with Crippen molar-refractivity contribution in [2.24, 2.45) is 0 Å². The van der Waals surface area contributed by atoms with E-state index in [0.29, 0.717) is 0 Å². The van der Waals surface area contributed by atoms with E-state index in [9.17, 15) is 9.90 Å². The second-order valence-corrected chi connectivity index (χ2v) is 4.70. The van der Waals surface area contributed by atoms with E-state index >= 15 is 0 Å². The maximum atomic E-state index is 12.3. The highest BCUT2D eigenvalue weighted by atomic mass is 16.3. The van der Waals surface area contributed by atoms with Gasteiger partial charge in [-0.1, -0.05) is 17.7 Å². The maximum absolute atomic E-state index is 12.3. The molecule has 1 aliphatic rings. The number of aliphatic hydroxyl groups excluding tert-OH is 1. The summed E-state index contributed by atoms with van der Waals surface area (Å²) < 4.78 is 0. The van der Waals surface area contributed by atoms with Crippen LogP contribution in [0.4, 0.5) is 0 Å². The number of hydrogen-bond acceptors (Lipinski definition) is 2. The molecule has 0 unspecified atom stereocenters. The molecule has 3 heteroatoms. The van der Waals surface area contributed by atoms with E-state index < -0.39 is 0 Å². The summed E-state index contributed by atoms with van der Waals surface area (Å²) in [5.41, 5.74) is 1.87. The van der Waals surface area contributed by atoms with Crippen molar-refractivity contribution in [2.75, 3.05) is 13.2 Å². The molecule has 1 aromatic carbocycles. The Kier molecular flexibility index (Phi) is 3.79. The second-order valence-electron chi connectivity index (χ2n) is 4.70. The van der Waals surface area contributed by atoms with Gasteiger partial charge in [0.2, 0.25) is 0 Å². The lowest BCUT2D eigenvalue weighted by Gasteiger charge is -2.34. The van der Waals surface area contributed by atoms with Gasteiger partial charge in [0.1, 0.15) is 0 Å². The van der Waals surface area contributed by atoms with Crippen LogP contribution in [0, 0.1) is 6.92 Å². The van der Waals surface area contributed by atoms with Gasteiger partial charge in [-0.25, -0.2) is 0 Å². The quantitative estimate of drug-likeness (QED) is 0.848. The molecule has 1 heterocycles. The Hall–Kier alpha value is -1.35. The van der Waals surface area contributed by atoms with Crippen molar-refractivity contribution in [2.45, 2.75) is 32.2 Å². The van der Waals surface area contributed by atoms with Gasteiger partial charge in [0, 0.05) is 12.1 Å². The maximum Gasteiger partial charge on any atom is 0.254 e. The Morgan fingerprint density at radius 2 is 2.06 bits per heavy atom. The normalized spacial score (nSPS) is 20.4. The Morgan fingerprint density at radius 1 is 1.35 bits per heavy atom. The molecule has 2 rings (SSSR count). The van der Waals surface area contributed by atoms with Gasteiger partial charge in [-0.05, 0) is 38.3 Å². The highest BCUT2D eigenvalue weighted by Crippen LogP contribution is 2.19. The molecule has 92 valence electrons. The molecule has 0 aromatic heterocycles. The van der Waals surface area contributed by atoms with Crippen molar-refractivity contribution in [3.05, 3.63) is 35.4 Å². The summed E-state index contributed by atoms with van der Waals surface area (Å²) >= 11 is 0. The summed E-state index contributed by atoms with van der Waals surface area (Å²) in [4.78, 5) is 14.1. The number of aryl methyl sites for hydroxylation is 1. The molecule has 1 amide bonds. The van der Waals surface area contributed by atoms with Crippen LogP contribution in [0.3, 0.4) is 0 Å². The van der Waals surface area contributed by atoms with E-state index in [1.807, 2.05) is 36.1 Å². The van der Waals surface area contributed by atoms with E-state index in [4.69, 9.17) is 0 Å². The number of amides is 1. The van der Waals surface area contributed by atoms with Crippen LogP contribution in [0.5, 0.6) is 0 Å². The SMILES string of the molecule is Cc1ccc(C(=O)N2CCCC[C@H]2CO)cc1. The van der Waals surface area contributed by atoms with Crippen molar-refractivity contribution in [1.29, 1.82) is 0 Å². The first-order valence-electron chi connectivity index (χ1n) is 6.21. The molecule has 0 saturated carbocycles. The zero-order valence-electron chi connectivity index (χ0n) is 10.2. The first kappa shape index (κ1) is 12.1. The molecule has 0 radical (unpaired) electrons. The monoisotopic (exact) mass is 233 g/mol. The standard InChI is InChI=1S/C14H19NO2/c1-11-5-7-12(8-6-11)14(17)15-9-3-2-4-13(15)10-16/h5-8,13,16H,2-4,9-10H2,1H3/t13-/m0/s1. The van der Waals surface area contributed by atoms with Crippen LogP contribution in [0.2, 0.25) is 0 Å². The highest BCUT2D eigenvalue weighted by Gasteiger charge is 2.26. The number of carbonyl (C=O) groups excluding carboxylic acids is 1. The van der Waals surface area contributed by atoms with Crippen molar-refractivity contribution in [1.82, 2.24) is 4.90 Å². The van der Waals surface area contributed by atoms with E-state index in [2.05, 4.69) is 0 Å². The van der Waals surface area contributed by atoms with Crippen molar-refractivity contribution >= 4 is 5.91 Å². The number of aliphatic hydroxyl groups is 1. The van der Waals surface area contributed by atoms with Gasteiger partial charge < -0.3 is 10.0 Å². The molecule has 0 aliphatic carbocycles. The summed E-state index contributed by atoms with van der Waals surface area (Å²) in [6, 6.07) is 7.62. The van der Waals surface area contributed by atoms with E-state index in [1.54, 1.807) is 0 Å². The Balaban J connectivity index is 2.15. The number of likely N-dealkylation sites (tertiary alicyclic amines) is 1. The van der Waals surface area contributed by atoms with Crippen LogP contribution in [-0.4, -0.2) is 35.1 Å². The van der Waals surface area contributed by atoms with Crippen LogP contribution in [0.1, 0.15) is 35.2 Å². The number of hydrogen-bond donors (Lipinski definition) is 1. The van der Waals surface area contributed by atoms with Crippen LogP contribution in [-0.2, 0) is 0 Å². The third-order valence-electron chi connectivity index (χ3n) is 3.40. The minimum atomic E-state index is -0.00227. The first-order chi connectivity index (χ1) is 8.22. The third kappa shape index (κ3) is 2.67. The smallest absolute Gasteiger partial charge is 0.254 e. The molecule has 1 aromatic rings. The fourth-order valence-electron chi connectivity index (χ4n) is 2.32. The largest absolute Gasteiger partial charge is 0.394 e. The van der Waals surface area contributed by atoms with Crippen LogP contribution in [0.25, 0.3) is 0 Å². The lowest BCUT2D eigenvalue weighted by molar-refractivity contribution is 0.0503. The number of carbonyl (C=O) groups is 1. The molecule has 1 aliphatic heterocycles. The number of rotatable bonds is 2. The Morgan fingerprint density at radius 3 is 2.71 bits per heavy atom. The molecule has 1 saturated heterocycles. The fourth-order valence-corrected chi connectivity index (χ4v) is 2.32. The zero-order valence-corrected chi connectivity index (χ0v) is 10.2. The predicted octanol–water partition coefficient (Wildman–Crippen LogP) is 1.98. The molecule has 1 N–H and O–H groups in total. The van der Waals surface area contributed by atoms with Crippen molar-refractivity contribution in [3.63, 3.8) is 0 Å². The van der Waals surface area contributed by atoms with Gasteiger partial charge in [-0.2, -0.15) is 0 Å². The molecule has 0 bridgehead atoms. The minimum Gasteiger partial charge on any atom is -0.394 e. The fraction of sp³-hybridized carbons (Fsp3) is 0.500. The van der Waals surface area contributed by atoms with Gasteiger partial charge in [-0.3, -0.25) is 4.79 Å². The lowest BCUT2D eigenvalue weighted by Crippen LogP contribution is -2.45. The predicted molar refractivity (Wildman–Crippen MR) is 66.9 cm³/mol. The molecular formula is C14H19NO2. The van der Waals surface area contributed by atoms with Gasteiger partial charge in [0.05, 0.1) is 12.6 Å². The summed E-state index contributed by atoms with van der Waals surface area (Å²) in [5, 5.41) is 9.31. The summed E-state index contributed by atoms with van der Waals surface area (Å²) in [5.74, 6) is 0.0451. The Labute approximate surface area is 102 Å². The van der Waals surface area contributed by atoms with Gasteiger partial charge in [0.15, 0.2) is 0 Å². The van der Waals surface area contributed by atoms with Crippen molar-refractivity contribution in [3.8, 4) is 0 Å². The Bertz CT molecular complexity index is 386. The number of piperidine rings is 1. The summed E-state index contributed by atoms with van der Waals surface area (Å²) in [6.07, 6.45) is 3.05. The zero-order chi connectivity index (χ0) is 12.3. The van der Waals surface area contributed by atoms with Crippen LogP contribution in [0.15, 0.2) is 24.3 Å². The topological polar surface area (TPSA) is 40.5 Å². The van der Waals surface area contributed by atoms with E-state index in [1.165, 1.54) is 0 Å². The highest BCUT2D eigenvalue weighted by molar-refractivity contribution is 5.94. The first-order valence-corrected chi connectivity index (χ1v) is 6.21. The third-order valence-corrected chi connectivity index (χ3v) is 3.40. The van der Waals surface area contributed by atoms with E-state index in [0.717, 1.165) is 36.9 Å².